The van der Waals surface area contributed by atoms with Crippen molar-refractivity contribution < 1.29 is 23.1 Å². The molecule has 42 heavy (non-hydrogen) atoms. The fraction of sp³-hybridized carbons (Fsp3) is 0.333. The molecule has 0 saturated carbocycles. The van der Waals surface area contributed by atoms with E-state index in [0.717, 1.165) is 22.8 Å². The van der Waals surface area contributed by atoms with Crippen molar-refractivity contribution in [3.63, 3.8) is 0 Å². The Balaban J connectivity index is 1.41. The lowest BCUT2D eigenvalue weighted by atomic mass is 9.98. The van der Waals surface area contributed by atoms with Crippen molar-refractivity contribution in [2.75, 3.05) is 29.9 Å². The monoisotopic (exact) mass is 577 g/mol. The number of carbonyl (C=O) groups excluding carboxylic acids is 1. The normalized spacial score (nSPS) is 17.2. The summed E-state index contributed by atoms with van der Waals surface area (Å²) in [6, 6.07) is 13.9. The molecule has 1 fully saturated rings. The van der Waals surface area contributed by atoms with E-state index in [1.54, 1.807) is 23.0 Å². The van der Waals surface area contributed by atoms with Crippen LogP contribution in [-0.4, -0.2) is 61.4 Å². The number of aryl methyl sites for hydroxylation is 1. The molecule has 9 nitrogen and oxygen atoms in total. The Kier molecular flexibility index (Phi) is 7.19. The molecule has 0 bridgehead atoms. The molecule has 1 saturated heterocycles. The number of aliphatic hydroxyl groups excluding tert-OH is 1. The molecule has 6 rings (SSSR count). The zero-order valence-corrected chi connectivity index (χ0v) is 23.2. The van der Waals surface area contributed by atoms with Gasteiger partial charge in [-0.25, -0.2) is 4.98 Å². The number of hydrogen-bond donors (Lipinski definition) is 2. The second-order valence-electron chi connectivity index (χ2n) is 10.7. The molecule has 2 aliphatic rings. The highest BCUT2D eigenvalue weighted by molar-refractivity contribution is 6.10. The third kappa shape index (κ3) is 5.23. The minimum atomic E-state index is -4.64. The fourth-order valence-electron chi connectivity index (χ4n) is 5.75. The number of aliphatic hydroxyl groups is 1. The predicted molar refractivity (Wildman–Crippen MR) is 152 cm³/mol. The van der Waals surface area contributed by atoms with Crippen LogP contribution in [0.3, 0.4) is 0 Å². The maximum absolute atomic E-state index is 14.3. The van der Waals surface area contributed by atoms with Crippen LogP contribution in [0, 0.1) is 0 Å². The molecule has 2 aromatic heterocycles. The molecule has 0 radical (unpaired) electrons. The lowest BCUT2D eigenvalue weighted by molar-refractivity contribution is -0.138. The van der Waals surface area contributed by atoms with Gasteiger partial charge in [0, 0.05) is 44.4 Å². The van der Waals surface area contributed by atoms with Crippen LogP contribution in [0.1, 0.15) is 40.4 Å². The number of benzene rings is 2. The van der Waals surface area contributed by atoms with E-state index in [9.17, 15) is 23.1 Å². The number of hydrogen-bond acceptors (Lipinski definition) is 7. The Morgan fingerprint density at radius 2 is 1.88 bits per heavy atom. The number of pyridine rings is 1. The van der Waals surface area contributed by atoms with E-state index in [-0.39, 0.29) is 30.0 Å². The summed E-state index contributed by atoms with van der Waals surface area (Å²) in [6.45, 7) is 3.41. The molecule has 0 aliphatic carbocycles. The van der Waals surface area contributed by atoms with Crippen LogP contribution in [0.5, 0.6) is 0 Å². The Morgan fingerprint density at radius 1 is 1.10 bits per heavy atom. The molecule has 0 spiro atoms. The first kappa shape index (κ1) is 27.9. The predicted octanol–water partition coefficient (Wildman–Crippen LogP) is 4.72. The van der Waals surface area contributed by atoms with E-state index in [2.05, 4.69) is 20.5 Å². The van der Waals surface area contributed by atoms with Gasteiger partial charge in [-0.1, -0.05) is 24.3 Å². The van der Waals surface area contributed by atoms with Crippen LogP contribution in [0.4, 0.5) is 24.8 Å². The molecular weight excluding hydrogens is 547 g/mol. The van der Waals surface area contributed by atoms with Crippen LogP contribution < -0.4 is 10.2 Å². The number of carbonyl (C=O) groups is 1. The molecule has 2 aromatic carbocycles. The van der Waals surface area contributed by atoms with Crippen LogP contribution in [0.25, 0.3) is 22.5 Å². The second kappa shape index (κ2) is 10.8. The quantitative estimate of drug-likeness (QED) is 0.328. The number of rotatable bonds is 7. The zero-order chi connectivity index (χ0) is 29.6. The van der Waals surface area contributed by atoms with E-state index in [1.165, 1.54) is 4.90 Å². The molecule has 4 heterocycles. The lowest BCUT2D eigenvalue weighted by Crippen LogP contribution is -2.24. The maximum Gasteiger partial charge on any atom is 0.416 e. The van der Waals surface area contributed by atoms with Gasteiger partial charge >= 0.3 is 6.18 Å². The van der Waals surface area contributed by atoms with Gasteiger partial charge in [-0.2, -0.15) is 13.2 Å². The molecule has 1 atom stereocenters. The second-order valence-corrected chi connectivity index (χ2v) is 10.7. The van der Waals surface area contributed by atoms with E-state index in [1.807, 2.05) is 49.2 Å². The first-order valence-corrected chi connectivity index (χ1v) is 13.8. The van der Waals surface area contributed by atoms with Crippen molar-refractivity contribution in [2.24, 2.45) is 7.05 Å². The Labute approximate surface area is 240 Å². The van der Waals surface area contributed by atoms with Gasteiger partial charge in [0.1, 0.15) is 18.0 Å². The number of nitrogens with one attached hydrogen (secondary N) is 1. The number of amides is 1. The van der Waals surface area contributed by atoms with Crippen molar-refractivity contribution >= 4 is 17.5 Å². The van der Waals surface area contributed by atoms with Gasteiger partial charge in [0.25, 0.3) is 5.91 Å². The van der Waals surface area contributed by atoms with Gasteiger partial charge in [-0.05, 0) is 59.9 Å². The SMILES string of the molecule is CCNc1cc(-c2ccccc2-c2nncn2C)cc(N2Cc3c(cc(CN4CC[C@H](O)C4)cc3C(F)(F)F)C2=O)n1. The van der Waals surface area contributed by atoms with E-state index < -0.39 is 23.8 Å². The molecular formula is C30H30F3N7O2. The third-order valence-electron chi connectivity index (χ3n) is 7.70. The first-order chi connectivity index (χ1) is 20.1. The highest BCUT2D eigenvalue weighted by Crippen LogP contribution is 2.41. The minimum Gasteiger partial charge on any atom is -0.392 e. The number of aromatic nitrogens is 4. The highest BCUT2D eigenvalue weighted by Gasteiger charge is 2.41. The molecule has 4 aromatic rings. The fourth-order valence-corrected chi connectivity index (χ4v) is 5.75. The van der Waals surface area contributed by atoms with Crippen molar-refractivity contribution in [2.45, 2.75) is 38.7 Å². The standard InChI is InChI=1S/C30H30F3N7O2/c1-3-34-26-12-19(21-6-4-5-7-22(21)28-37-35-17-38(28)2)13-27(36-26)40-16-24-23(29(40)42)10-18(11-25(24)30(31,32)33)14-39-9-8-20(41)15-39/h4-7,10-13,17,20,41H,3,8-9,14-16H2,1-2H3,(H,34,36)/t20-/m0/s1. The summed E-state index contributed by atoms with van der Waals surface area (Å²) in [5.41, 5.74) is 1.88. The number of fused-ring (bicyclic) bond motifs is 1. The summed E-state index contributed by atoms with van der Waals surface area (Å²) in [5, 5.41) is 21.3. The van der Waals surface area contributed by atoms with Crippen LogP contribution in [0.15, 0.2) is 54.9 Å². The number of likely N-dealkylation sites (tertiary alicyclic amines) is 1. The zero-order valence-electron chi connectivity index (χ0n) is 23.2. The lowest BCUT2D eigenvalue weighted by Gasteiger charge is -2.19. The summed E-state index contributed by atoms with van der Waals surface area (Å²) < 4.78 is 44.7. The molecule has 218 valence electrons. The van der Waals surface area contributed by atoms with Gasteiger partial charge in [-0.15, -0.1) is 10.2 Å². The Hall–Kier alpha value is -4.29. The van der Waals surface area contributed by atoms with Crippen LogP contribution >= 0.6 is 0 Å². The van der Waals surface area contributed by atoms with Crippen LogP contribution in [0.2, 0.25) is 0 Å². The smallest absolute Gasteiger partial charge is 0.392 e. The summed E-state index contributed by atoms with van der Waals surface area (Å²) in [7, 11) is 1.84. The number of anilines is 2. The third-order valence-corrected chi connectivity index (χ3v) is 7.70. The van der Waals surface area contributed by atoms with Gasteiger partial charge in [-0.3, -0.25) is 14.6 Å². The largest absolute Gasteiger partial charge is 0.416 e. The average molecular weight is 578 g/mol. The van der Waals surface area contributed by atoms with E-state index in [4.69, 9.17) is 0 Å². The van der Waals surface area contributed by atoms with Gasteiger partial charge in [0.15, 0.2) is 5.82 Å². The van der Waals surface area contributed by atoms with Crippen molar-refractivity contribution in [1.29, 1.82) is 0 Å². The topological polar surface area (TPSA) is 99.4 Å². The van der Waals surface area contributed by atoms with Gasteiger partial charge in [0.05, 0.1) is 18.2 Å². The molecule has 1 amide bonds. The summed E-state index contributed by atoms with van der Waals surface area (Å²) in [5.74, 6) is 0.847. The molecule has 0 unspecified atom stereocenters. The number of β-amino-alcohol motifs (C(OH)–C–C–N with tert-alkyl or cyclic N) is 1. The molecule has 12 heteroatoms. The Bertz CT molecular complexity index is 1650. The number of halogens is 3. The van der Waals surface area contributed by atoms with Crippen molar-refractivity contribution in [1.82, 2.24) is 24.6 Å². The highest BCUT2D eigenvalue weighted by atomic mass is 19.4. The number of alkyl halides is 3. The van der Waals surface area contributed by atoms with Crippen LogP contribution in [-0.2, 0) is 26.3 Å². The molecule has 2 N–H and O–H groups in total. The maximum atomic E-state index is 14.3. The Morgan fingerprint density at radius 3 is 2.55 bits per heavy atom. The average Bonchev–Trinajstić information content (AvgIpc) is 3.66. The summed E-state index contributed by atoms with van der Waals surface area (Å²) in [6.07, 6.45) is -2.96. The first-order valence-electron chi connectivity index (χ1n) is 13.8. The minimum absolute atomic E-state index is 0.0243. The van der Waals surface area contributed by atoms with Gasteiger partial charge in [0.2, 0.25) is 0 Å². The molecule has 2 aliphatic heterocycles. The van der Waals surface area contributed by atoms with Crippen molar-refractivity contribution in [3.8, 4) is 22.5 Å². The summed E-state index contributed by atoms with van der Waals surface area (Å²) in [4.78, 5) is 21.6. The van der Waals surface area contributed by atoms with Crippen molar-refractivity contribution in [3.05, 3.63) is 77.1 Å². The van der Waals surface area contributed by atoms with E-state index in [0.29, 0.717) is 43.3 Å². The van der Waals surface area contributed by atoms with Gasteiger partial charge < -0.3 is 15.0 Å². The summed E-state index contributed by atoms with van der Waals surface area (Å²) >= 11 is 0. The van der Waals surface area contributed by atoms with E-state index >= 15 is 0 Å². The number of nitrogens with zero attached hydrogens (tertiary/aromatic N) is 6.